The summed E-state index contributed by atoms with van der Waals surface area (Å²) in [5.41, 5.74) is 2.22. The highest BCUT2D eigenvalue weighted by Gasteiger charge is 2.29. The molecule has 1 saturated carbocycles. The van der Waals surface area contributed by atoms with Crippen LogP contribution in [0, 0.1) is 0 Å². The fourth-order valence-electron chi connectivity index (χ4n) is 5.27. The molecule has 0 spiro atoms. The minimum Gasteiger partial charge on any atom is -0.379 e. The number of nitrogens with zero attached hydrogens (tertiary/aromatic N) is 4. The topological polar surface area (TPSA) is 88.3 Å². The molecule has 0 bridgehead atoms. The summed E-state index contributed by atoms with van der Waals surface area (Å²) in [5.74, 6) is 1.58. The van der Waals surface area contributed by atoms with Crippen molar-refractivity contribution in [2.24, 2.45) is 0 Å². The van der Waals surface area contributed by atoms with Gasteiger partial charge in [0.15, 0.2) is 0 Å². The van der Waals surface area contributed by atoms with Crippen molar-refractivity contribution < 1.29 is 9.26 Å². The first-order valence-corrected chi connectivity index (χ1v) is 12.2. The molecule has 4 heterocycles. The molecule has 0 radical (unpaired) electrons. The molecule has 0 amide bonds. The van der Waals surface area contributed by atoms with Crippen molar-refractivity contribution in [1.29, 1.82) is 0 Å². The maximum atomic E-state index is 5.53. The van der Waals surface area contributed by atoms with Gasteiger partial charge in [-0.2, -0.15) is 4.98 Å². The van der Waals surface area contributed by atoms with Gasteiger partial charge in [0.05, 0.1) is 24.8 Å². The van der Waals surface area contributed by atoms with Crippen LogP contribution in [0.1, 0.15) is 42.5 Å². The van der Waals surface area contributed by atoms with Gasteiger partial charge in [-0.05, 0) is 50.5 Å². The Bertz CT molecular complexity index is 1040. The van der Waals surface area contributed by atoms with Crippen LogP contribution in [-0.2, 0) is 17.6 Å². The predicted molar refractivity (Wildman–Crippen MR) is 121 cm³/mol. The lowest BCUT2D eigenvalue weighted by Crippen LogP contribution is -2.46. The number of aromatic nitrogens is 3. The van der Waals surface area contributed by atoms with Gasteiger partial charge in [0, 0.05) is 30.1 Å². The third kappa shape index (κ3) is 3.90. The van der Waals surface area contributed by atoms with E-state index in [-0.39, 0.29) is 0 Å². The molecule has 164 valence electrons. The van der Waals surface area contributed by atoms with E-state index in [0.717, 1.165) is 55.5 Å². The van der Waals surface area contributed by atoms with Gasteiger partial charge in [-0.3, -0.25) is 4.90 Å². The lowest BCUT2D eigenvalue weighted by molar-refractivity contribution is 0.00791. The van der Waals surface area contributed by atoms with Crippen LogP contribution in [0.3, 0.4) is 0 Å². The average molecular weight is 441 g/mol. The molecular weight excluding hydrogens is 412 g/mol. The van der Waals surface area contributed by atoms with Crippen molar-refractivity contribution in [2.45, 2.75) is 57.0 Å². The Kier molecular flexibility index (Phi) is 5.25. The third-order valence-electron chi connectivity index (χ3n) is 6.85. The van der Waals surface area contributed by atoms with Crippen LogP contribution < -0.4 is 10.6 Å². The second kappa shape index (κ2) is 8.37. The van der Waals surface area contributed by atoms with E-state index in [1.165, 1.54) is 47.9 Å². The number of aryl methyl sites for hydroxylation is 2. The van der Waals surface area contributed by atoms with Crippen molar-refractivity contribution in [3.63, 3.8) is 0 Å². The van der Waals surface area contributed by atoms with Crippen molar-refractivity contribution >= 4 is 39.0 Å². The van der Waals surface area contributed by atoms with E-state index in [1.54, 1.807) is 12.5 Å². The molecule has 2 N–H and O–H groups in total. The van der Waals surface area contributed by atoms with Gasteiger partial charge >= 0.3 is 0 Å². The van der Waals surface area contributed by atoms with E-state index < -0.39 is 0 Å². The minimum atomic E-state index is 0.454. The normalized spacial score (nSPS) is 24.4. The maximum absolute atomic E-state index is 5.53. The molecule has 6 rings (SSSR count). The molecule has 2 fully saturated rings. The number of morpholine rings is 1. The molecule has 1 aliphatic heterocycles. The zero-order valence-electron chi connectivity index (χ0n) is 17.6. The van der Waals surface area contributed by atoms with E-state index in [2.05, 4.69) is 20.7 Å². The summed E-state index contributed by atoms with van der Waals surface area (Å²) in [6.07, 6.45) is 11.6. The number of rotatable bonds is 5. The SMILES string of the molecule is c1nocc1Nc1nc(N[C@H]2CC[C@H](N3CCOCC3)CC2)c2c3c(sc2n1)CCC3. The number of ether oxygens (including phenoxy) is 1. The summed E-state index contributed by atoms with van der Waals surface area (Å²) in [4.78, 5) is 14.9. The number of hydrogen-bond donors (Lipinski definition) is 2. The van der Waals surface area contributed by atoms with E-state index in [9.17, 15) is 0 Å². The monoisotopic (exact) mass is 440 g/mol. The summed E-state index contributed by atoms with van der Waals surface area (Å²) in [6.45, 7) is 3.91. The molecule has 0 unspecified atom stereocenters. The van der Waals surface area contributed by atoms with Crippen LogP contribution in [-0.4, -0.2) is 58.4 Å². The molecule has 31 heavy (non-hydrogen) atoms. The molecule has 8 nitrogen and oxygen atoms in total. The number of anilines is 3. The molecule has 2 aliphatic carbocycles. The second-order valence-electron chi connectivity index (χ2n) is 8.77. The Morgan fingerprint density at radius 1 is 1.06 bits per heavy atom. The zero-order chi connectivity index (χ0) is 20.6. The van der Waals surface area contributed by atoms with E-state index in [0.29, 0.717) is 18.0 Å². The lowest BCUT2D eigenvalue weighted by atomic mass is 9.90. The Morgan fingerprint density at radius 3 is 2.74 bits per heavy atom. The molecule has 0 aromatic carbocycles. The van der Waals surface area contributed by atoms with Crippen molar-refractivity contribution in [2.75, 3.05) is 36.9 Å². The molecule has 9 heteroatoms. The van der Waals surface area contributed by atoms with Crippen LogP contribution >= 0.6 is 11.3 Å². The lowest BCUT2D eigenvalue weighted by Gasteiger charge is -2.39. The van der Waals surface area contributed by atoms with Gasteiger partial charge in [0.25, 0.3) is 0 Å². The smallest absolute Gasteiger partial charge is 0.230 e. The summed E-state index contributed by atoms with van der Waals surface area (Å²) in [6, 6.07) is 1.15. The zero-order valence-corrected chi connectivity index (χ0v) is 18.4. The molecule has 0 atom stereocenters. The first-order valence-electron chi connectivity index (χ1n) is 11.4. The Labute approximate surface area is 185 Å². The summed E-state index contributed by atoms with van der Waals surface area (Å²) in [7, 11) is 0. The molecule has 3 aliphatic rings. The van der Waals surface area contributed by atoms with Crippen LogP contribution in [0.4, 0.5) is 17.5 Å². The number of nitrogens with one attached hydrogen (secondary N) is 2. The summed E-state index contributed by atoms with van der Waals surface area (Å²) >= 11 is 1.82. The first kappa shape index (κ1) is 19.5. The third-order valence-corrected chi connectivity index (χ3v) is 8.04. The molecule has 3 aromatic rings. The van der Waals surface area contributed by atoms with Crippen LogP contribution in [0.2, 0.25) is 0 Å². The highest BCUT2D eigenvalue weighted by Crippen LogP contribution is 2.41. The standard InChI is InChI=1S/C22H28N6O2S/c1-2-17-18(3-1)31-21-19(17)20(26-22(27-21)25-15-12-23-30-13-15)24-14-4-6-16(7-5-14)28-8-10-29-11-9-28/h12-14,16H,1-11H2,(H2,24,25,26,27)/t14-,16-. The quantitative estimate of drug-likeness (QED) is 0.616. The highest BCUT2D eigenvalue weighted by atomic mass is 32.1. The van der Waals surface area contributed by atoms with Gasteiger partial charge in [0.1, 0.15) is 22.6 Å². The van der Waals surface area contributed by atoms with Crippen LogP contribution in [0.15, 0.2) is 17.0 Å². The molecule has 1 saturated heterocycles. The predicted octanol–water partition coefficient (Wildman–Crippen LogP) is 3.97. The maximum Gasteiger partial charge on any atom is 0.230 e. The summed E-state index contributed by atoms with van der Waals surface area (Å²) in [5, 5.41) is 12.1. The van der Waals surface area contributed by atoms with Gasteiger partial charge in [-0.25, -0.2) is 4.98 Å². The second-order valence-corrected chi connectivity index (χ2v) is 9.85. The van der Waals surface area contributed by atoms with Crippen molar-refractivity contribution in [3.05, 3.63) is 22.9 Å². The average Bonchev–Trinajstić information content (AvgIpc) is 3.53. The fourth-order valence-corrected chi connectivity index (χ4v) is 6.53. The van der Waals surface area contributed by atoms with Gasteiger partial charge in [-0.1, -0.05) is 5.16 Å². The van der Waals surface area contributed by atoms with E-state index in [1.807, 2.05) is 11.3 Å². The van der Waals surface area contributed by atoms with Gasteiger partial charge in [0.2, 0.25) is 5.95 Å². The fraction of sp³-hybridized carbons (Fsp3) is 0.591. The van der Waals surface area contributed by atoms with Gasteiger partial charge in [-0.15, -0.1) is 11.3 Å². The Hall–Kier alpha value is -2.23. The highest BCUT2D eigenvalue weighted by molar-refractivity contribution is 7.19. The van der Waals surface area contributed by atoms with Gasteiger partial charge < -0.3 is 19.9 Å². The molecule has 3 aromatic heterocycles. The number of fused-ring (bicyclic) bond motifs is 3. The molecular formula is C22H28N6O2S. The summed E-state index contributed by atoms with van der Waals surface area (Å²) < 4.78 is 10.5. The Balaban J connectivity index is 1.23. The van der Waals surface area contributed by atoms with Crippen LogP contribution in [0.5, 0.6) is 0 Å². The van der Waals surface area contributed by atoms with Crippen molar-refractivity contribution in [3.8, 4) is 0 Å². The minimum absolute atomic E-state index is 0.454. The first-order chi connectivity index (χ1) is 15.3. The largest absolute Gasteiger partial charge is 0.379 e. The Morgan fingerprint density at radius 2 is 1.94 bits per heavy atom. The van der Waals surface area contributed by atoms with E-state index in [4.69, 9.17) is 19.2 Å². The number of hydrogen-bond acceptors (Lipinski definition) is 9. The van der Waals surface area contributed by atoms with Crippen molar-refractivity contribution in [1.82, 2.24) is 20.0 Å². The van der Waals surface area contributed by atoms with Crippen LogP contribution in [0.25, 0.3) is 10.2 Å². The number of thiophene rings is 1. The van der Waals surface area contributed by atoms with E-state index >= 15 is 0 Å².